The SMILES string of the molecule is CCC1C2C=C=CC1CC(=O)C1C(=O)c3c(C)noc3C(N(C)C)C1CC2. The molecule has 1 aromatic heterocycles. The van der Waals surface area contributed by atoms with Crippen LogP contribution < -0.4 is 0 Å². The summed E-state index contributed by atoms with van der Waals surface area (Å²) in [4.78, 5) is 28.8. The van der Waals surface area contributed by atoms with Gasteiger partial charge in [0.05, 0.1) is 23.2 Å². The highest BCUT2D eigenvalue weighted by molar-refractivity contribution is 6.13. The minimum Gasteiger partial charge on any atom is -0.359 e. The van der Waals surface area contributed by atoms with E-state index in [0.717, 1.165) is 19.3 Å². The number of Topliss-reactive ketones (excluding diaryl/α,β-unsaturated/α-hetero) is 2. The van der Waals surface area contributed by atoms with Gasteiger partial charge in [-0.05, 0) is 69.7 Å². The third kappa shape index (κ3) is 2.84. The predicted octanol–water partition coefficient (Wildman–Crippen LogP) is 3.75. The van der Waals surface area contributed by atoms with E-state index in [2.05, 4.69) is 34.9 Å². The van der Waals surface area contributed by atoms with Crippen molar-refractivity contribution in [2.45, 2.75) is 45.6 Å². The van der Waals surface area contributed by atoms with Crippen LogP contribution in [0.5, 0.6) is 0 Å². The van der Waals surface area contributed by atoms with Crippen molar-refractivity contribution in [3.05, 3.63) is 34.9 Å². The largest absolute Gasteiger partial charge is 0.359 e. The standard InChI is InChI=1S/C22H28N2O3/c1-5-15-13-7-6-8-14(15)11-17(25)19-16(10-9-13)20(24(3)4)22-18(21(19)26)12(2)23-27-22/h7-8,13-16,19-20H,5,9-11H2,1-4H3. The smallest absolute Gasteiger partial charge is 0.179 e. The first-order valence-electron chi connectivity index (χ1n) is 10.1. The Labute approximate surface area is 160 Å². The normalized spacial score (nSPS) is 35.4. The van der Waals surface area contributed by atoms with Crippen LogP contribution in [0.1, 0.15) is 60.5 Å². The van der Waals surface area contributed by atoms with E-state index in [9.17, 15) is 9.59 Å². The van der Waals surface area contributed by atoms with Gasteiger partial charge < -0.3 is 4.52 Å². The molecule has 6 unspecified atom stereocenters. The quantitative estimate of drug-likeness (QED) is 0.588. The van der Waals surface area contributed by atoms with Gasteiger partial charge in [0.15, 0.2) is 11.5 Å². The molecule has 3 aliphatic carbocycles. The van der Waals surface area contributed by atoms with Crippen LogP contribution in [0.3, 0.4) is 0 Å². The second-order valence-electron chi connectivity index (χ2n) is 8.57. The molecule has 3 aliphatic rings. The Morgan fingerprint density at radius 3 is 2.67 bits per heavy atom. The molecule has 1 saturated carbocycles. The number of ketones is 2. The summed E-state index contributed by atoms with van der Waals surface area (Å²) in [7, 11) is 3.98. The number of aryl methyl sites for hydroxylation is 1. The van der Waals surface area contributed by atoms with Crippen molar-refractivity contribution in [1.29, 1.82) is 0 Å². The third-order valence-corrected chi connectivity index (χ3v) is 6.89. The Bertz CT molecular complexity index is 831. The summed E-state index contributed by atoms with van der Waals surface area (Å²) in [6, 6.07) is -0.0946. The molecule has 144 valence electrons. The van der Waals surface area contributed by atoms with E-state index in [0.29, 0.717) is 35.3 Å². The minimum atomic E-state index is -0.590. The number of carbonyl (C=O) groups is 2. The van der Waals surface area contributed by atoms with Crippen LogP contribution in [0.2, 0.25) is 0 Å². The highest BCUT2D eigenvalue weighted by Crippen LogP contribution is 2.48. The first-order valence-corrected chi connectivity index (χ1v) is 10.1. The highest BCUT2D eigenvalue weighted by Gasteiger charge is 2.50. The maximum Gasteiger partial charge on any atom is 0.179 e. The molecule has 2 bridgehead atoms. The van der Waals surface area contributed by atoms with Crippen LogP contribution in [0.15, 0.2) is 22.4 Å². The van der Waals surface area contributed by atoms with Crippen LogP contribution in [0, 0.1) is 36.5 Å². The number of hydrogen-bond donors (Lipinski definition) is 0. The van der Waals surface area contributed by atoms with Gasteiger partial charge in [0.1, 0.15) is 5.78 Å². The maximum atomic E-state index is 13.4. The zero-order chi connectivity index (χ0) is 19.3. The Kier molecular flexibility index (Phi) is 4.69. The lowest BCUT2D eigenvalue weighted by Crippen LogP contribution is -2.44. The molecule has 1 aromatic rings. The minimum absolute atomic E-state index is 0.0647. The van der Waals surface area contributed by atoms with Crippen molar-refractivity contribution in [1.82, 2.24) is 10.1 Å². The number of carbonyl (C=O) groups excluding carboxylic acids is 2. The molecular formula is C22H28N2O3. The first kappa shape index (κ1) is 18.4. The zero-order valence-corrected chi connectivity index (χ0v) is 16.6. The molecule has 0 aromatic carbocycles. The van der Waals surface area contributed by atoms with E-state index in [4.69, 9.17) is 4.52 Å². The fraction of sp³-hybridized carbons (Fsp3) is 0.636. The van der Waals surface area contributed by atoms with E-state index in [-0.39, 0.29) is 29.4 Å². The summed E-state index contributed by atoms with van der Waals surface area (Å²) in [5, 5.41) is 4.06. The lowest BCUT2D eigenvalue weighted by Gasteiger charge is -2.38. The van der Waals surface area contributed by atoms with Gasteiger partial charge in [0.2, 0.25) is 0 Å². The Morgan fingerprint density at radius 1 is 1.22 bits per heavy atom. The predicted molar refractivity (Wildman–Crippen MR) is 101 cm³/mol. The molecular weight excluding hydrogens is 340 g/mol. The van der Waals surface area contributed by atoms with Gasteiger partial charge in [0, 0.05) is 6.42 Å². The summed E-state index contributed by atoms with van der Waals surface area (Å²) in [5.41, 5.74) is 4.42. The van der Waals surface area contributed by atoms with Gasteiger partial charge in [-0.15, -0.1) is 5.73 Å². The fourth-order valence-corrected chi connectivity index (χ4v) is 5.67. The van der Waals surface area contributed by atoms with Crippen molar-refractivity contribution < 1.29 is 14.1 Å². The average Bonchev–Trinajstić information content (AvgIpc) is 3.01. The highest BCUT2D eigenvalue weighted by atomic mass is 16.5. The summed E-state index contributed by atoms with van der Waals surface area (Å²) in [6.45, 7) is 3.99. The van der Waals surface area contributed by atoms with E-state index in [1.54, 1.807) is 6.92 Å². The molecule has 5 heteroatoms. The van der Waals surface area contributed by atoms with Crippen LogP contribution in [-0.2, 0) is 4.79 Å². The lowest BCUT2D eigenvalue weighted by molar-refractivity contribution is -0.124. The molecule has 27 heavy (non-hydrogen) atoms. The van der Waals surface area contributed by atoms with E-state index >= 15 is 0 Å². The lowest BCUT2D eigenvalue weighted by atomic mass is 9.69. The molecule has 6 atom stereocenters. The summed E-state index contributed by atoms with van der Waals surface area (Å²) in [6.07, 6.45) is 7.51. The van der Waals surface area contributed by atoms with Gasteiger partial charge in [0.25, 0.3) is 0 Å². The number of rotatable bonds is 2. The van der Waals surface area contributed by atoms with Crippen molar-refractivity contribution in [2.24, 2.45) is 29.6 Å². The fourth-order valence-electron chi connectivity index (χ4n) is 5.67. The average molecular weight is 368 g/mol. The van der Waals surface area contributed by atoms with E-state index in [1.165, 1.54) is 0 Å². The maximum absolute atomic E-state index is 13.4. The molecule has 5 nitrogen and oxygen atoms in total. The van der Waals surface area contributed by atoms with Crippen LogP contribution in [0.4, 0.5) is 0 Å². The number of hydrogen-bond acceptors (Lipinski definition) is 5. The summed E-state index contributed by atoms with van der Waals surface area (Å²) >= 11 is 0. The third-order valence-electron chi connectivity index (χ3n) is 6.89. The van der Waals surface area contributed by atoms with Crippen LogP contribution >= 0.6 is 0 Å². The monoisotopic (exact) mass is 368 g/mol. The topological polar surface area (TPSA) is 63.4 Å². The van der Waals surface area contributed by atoms with Crippen molar-refractivity contribution in [3.63, 3.8) is 0 Å². The van der Waals surface area contributed by atoms with Crippen LogP contribution in [0.25, 0.3) is 0 Å². The van der Waals surface area contributed by atoms with Gasteiger partial charge >= 0.3 is 0 Å². The van der Waals surface area contributed by atoms with Gasteiger partial charge in [-0.3, -0.25) is 14.5 Å². The molecule has 0 aliphatic heterocycles. The first-order chi connectivity index (χ1) is 12.9. The summed E-state index contributed by atoms with van der Waals surface area (Å²) < 4.78 is 5.60. The second-order valence-corrected chi connectivity index (χ2v) is 8.57. The number of fused-ring (bicyclic) bond motifs is 4. The van der Waals surface area contributed by atoms with E-state index in [1.807, 2.05) is 14.1 Å². The molecule has 0 amide bonds. The molecule has 0 saturated heterocycles. The molecule has 0 N–H and O–H groups in total. The van der Waals surface area contributed by atoms with Crippen molar-refractivity contribution >= 4 is 11.6 Å². The molecule has 1 heterocycles. The van der Waals surface area contributed by atoms with Crippen LogP contribution in [-0.4, -0.2) is 35.7 Å². The van der Waals surface area contributed by atoms with E-state index < -0.39 is 5.92 Å². The number of allylic oxidation sites excluding steroid dienone is 1. The Hall–Kier alpha value is -1.97. The van der Waals surface area contributed by atoms with Gasteiger partial charge in [-0.25, -0.2) is 0 Å². The van der Waals surface area contributed by atoms with Crippen molar-refractivity contribution in [3.8, 4) is 0 Å². The van der Waals surface area contributed by atoms with Crippen molar-refractivity contribution in [2.75, 3.05) is 14.1 Å². The molecule has 1 fully saturated rings. The number of aromatic nitrogens is 1. The zero-order valence-electron chi connectivity index (χ0n) is 16.6. The van der Waals surface area contributed by atoms with Gasteiger partial charge in [-0.2, -0.15) is 0 Å². The molecule has 4 rings (SSSR count). The molecule has 0 spiro atoms. The Morgan fingerprint density at radius 2 is 1.96 bits per heavy atom. The second kappa shape index (κ2) is 6.88. The Balaban J connectivity index is 1.80. The van der Waals surface area contributed by atoms with Gasteiger partial charge in [-0.1, -0.05) is 18.5 Å². The molecule has 0 radical (unpaired) electrons. The summed E-state index contributed by atoms with van der Waals surface area (Å²) in [5.74, 6) is 1.05. The number of nitrogens with zero attached hydrogens (tertiary/aromatic N) is 2.